The van der Waals surface area contributed by atoms with Crippen molar-refractivity contribution in [1.29, 1.82) is 0 Å². The van der Waals surface area contributed by atoms with Gasteiger partial charge in [0.15, 0.2) is 0 Å². The lowest BCUT2D eigenvalue weighted by atomic mass is 9.85. The van der Waals surface area contributed by atoms with Crippen molar-refractivity contribution in [3.63, 3.8) is 0 Å². The van der Waals surface area contributed by atoms with Crippen LogP contribution >= 0.6 is 0 Å². The standard InChI is InChI=1S/C27H33N3O2/c31-25(23-9-11-24(12-10-23)28-16-5-2-6-17-28)30-20-15-27(21-30)14-19-29(26(27)32)18-13-22-7-3-1-4-8-22/h1,3-4,7-12H,2,5-6,13-21H2. The summed E-state index contributed by atoms with van der Waals surface area (Å²) in [5.41, 5.74) is 2.82. The van der Waals surface area contributed by atoms with Gasteiger partial charge in [0.2, 0.25) is 5.91 Å². The van der Waals surface area contributed by atoms with Gasteiger partial charge in [0, 0.05) is 50.5 Å². The van der Waals surface area contributed by atoms with E-state index in [0.717, 1.165) is 51.0 Å². The summed E-state index contributed by atoms with van der Waals surface area (Å²) in [4.78, 5) is 32.7. The Balaban J connectivity index is 1.19. The van der Waals surface area contributed by atoms with Crippen molar-refractivity contribution < 1.29 is 9.59 Å². The van der Waals surface area contributed by atoms with Crippen LogP contribution < -0.4 is 4.90 Å². The van der Waals surface area contributed by atoms with Crippen LogP contribution in [0.5, 0.6) is 0 Å². The van der Waals surface area contributed by atoms with E-state index in [9.17, 15) is 9.59 Å². The molecule has 3 heterocycles. The number of piperidine rings is 1. The van der Waals surface area contributed by atoms with Crippen molar-refractivity contribution in [2.75, 3.05) is 44.2 Å². The third kappa shape index (κ3) is 4.13. The fourth-order valence-corrected chi connectivity index (χ4v) is 5.59. The average molecular weight is 432 g/mol. The highest BCUT2D eigenvalue weighted by Gasteiger charge is 2.51. The summed E-state index contributed by atoms with van der Waals surface area (Å²) in [6.45, 7) is 5.00. The fourth-order valence-electron chi connectivity index (χ4n) is 5.59. The van der Waals surface area contributed by atoms with E-state index in [1.165, 1.54) is 30.5 Å². The van der Waals surface area contributed by atoms with Crippen LogP contribution in [-0.2, 0) is 11.2 Å². The van der Waals surface area contributed by atoms with Gasteiger partial charge in [0.25, 0.3) is 5.91 Å². The highest BCUT2D eigenvalue weighted by molar-refractivity contribution is 5.96. The number of rotatable bonds is 5. The molecule has 32 heavy (non-hydrogen) atoms. The molecule has 3 saturated heterocycles. The van der Waals surface area contributed by atoms with E-state index < -0.39 is 0 Å². The number of benzene rings is 2. The molecule has 2 amide bonds. The first kappa shape index (κ1) is 21.0. The maximum Gasteiger partial charge on any atom is 0.253 e. The van der Waals surface area contributed by atoms with E-state index >= 15 is 0 Å². The van der Waals surface area contributed by atoms with Gasteiger partial charge in [-0.1, -0.05) is 30.3 Å². The van der Waals surface area contributed by atoms with E-state index in [1.54, 1.807) is 0 Å². The molecular formula is C27H33N3O2. The van der Waals surface area contributed by atoms with E-state index in [1.807, 2.05) is 40.1 Å². The van der Waals surface area contributed by atoms with Crippen LogP contribution in [0.2, 0.25) is 0 Å². The van der Waals surface area contributed by atoms with Crippen molar-refractivity contribution >= 4 is 17.5 Å². The first-order chi connectivity index (χ1) is 15.6. The number of hydrogen-bond donors (Lipinski definition) is 0. The summed E-state index contributed by atoms with van der Waals surface area (Å²) in [5.74, 6) is 0.298. The molecule has 3 fully saturated rings. The molecule has 5 nitrogen and oxygen atoms in total. The third-order valence-electron chi connectivity index (χ3n) is 7.59. The van der Waals surface area contributed by atoms with Crippen molar-refractivity contribution in [2.24, 2.45) is 5.41 Å². The minimum Gasteiger partial charge on any atom is -0.372 e. The number of carbonyl (C=O) groups is 2. The Kier molecular flexibility index (Phi) is 5.90. The topological polar surface area (TPSA) is 43.9 Å². The number of likely N-dealkylation sites (tertiary alicyclic amines) is 2. The molecule has 2 aromatic carbocycles. The summed E-state index contributed by atoms with van der Waals surface area (Å²) in [6.07, 6.45) is 6.32. The minimum atomic E-state index is -0.375. The summed E-state index contributed by atoms with van der Waals surface area (Å²) in [7, 11) is 0. The number of hydrogen-bond acceptors (Lipinski definition) is 3. The molecule has 0 aromatic heterocycles. The highest BCUT2D eigenvalue weighted by atomic mass is 16.2. The molecule has 0 bridgehead atoms. The van der Waals surface area contributed by atoms with Crippen LogP contribution in [0.3, 0.4) is 0 Å². The molecule has 0 saturated carbocycles. The second kappa shape index (κ2) is 8.97. The predicted octanol–water partition coefficient (Wildman–Crippen LogP) is 3.98. The van der Waals surface area contributed by atoms with Crippen LogP contribution in [0.15, 0.2) is 54.6 Å². The zero-order valence-electron chi connectivity index (χ0n) is 18.8. The molecule has 1 spiro atoms. The van der Waals surface area contributed by atoms with Crippen molar-refractivity contribution in [3.05, 3.63) is 65.7 Å². The minimum absolute atomic E-state index is 0.0580. The van der Waals surface area contributed by atoms with Gasteiger partial charge in [0.05, 0.1) is 5.41 Å². The van der Waals surface area contributed by atoms with Crippen LogP contribution in [-0.4, -0.2) is 60.9 Å². The van der Waals surface area contributed by atoms with Gasteiger partial charge in [-0.2, -0.15) is 0 Å². The normalized spacial score (nSPS) is 23.4. The van der Waals surface area contributed by atoms with Gasteiger partial charge in [-0.15, -0.1) is 0 Å². The van der Waals surface area contributed by atoms with Gasteiger partial charge in [0.1, 0.15) is 0 Å². The zero-order chi connectivity index (χ0) is 22.0. The van der Waals surface area contributed by atoms with Crippen molar-refractivity contribution in [2.45, 2.75) is 38.5 Å². The molecule has 1 unspecified atom stereocenters. The Morgan fingerprint density at radius 2 is 1.56 bits per heavy atom. The largest absolute Gasteiger partial charge is 0.372 e. The Hall–Kier alpha value is -2.82. The molecule has 5 rings (SSSR count). The first-order valence-electron chi connectivity index (χ1n) is 12.1. The molecule has 0 N–H and O–H groups in total. The maximum absolute atomic E-state index is 13.3. The summed E-state index contributed by atoms with van der Waals surface area (Å²) >= 11 is 0. The quantitative estimate of drug-likeness (QED) is 0.719. The maximum atomic E-state index is 13.3. The van der Waals surface area contributed by atoms with Crippen LogP contribution in [0.25, 0.3) is 0 Å². The lowest BCUT2D eigenvalue weighted by Gasteiger charge is -2.29. The van der Waals surface area contributed by atoms with Crippen molar-refractivity contribution in [1.82, 2.24) is 9.80 Å². The zero-order valence-corrected chi connectivity index (χ0v) is 18.8. The van der Waals surface area contributed by atoms with E-state index in [-0.39, 0.29) is 17.2 Å². The molecule has 3 aliphatic heterocycles. The summed E-state index contributed by atoms with van der Waals surface area (Å²) in [5, 5.41) is 0. The van der Waals surface area contributed by atoms with Crippen LogP contribution in [0.4, 0.5) is 5.69 Å². The lowest BCUT2D eigenvalue weighted by Crippen LogP contribution is -2.39. The van der Waals surface area contributed by atoms with E-state index in [2.05, 4.69) is 29.2 Å². The second-order valence-corrected chi connectivity index (χ2v) is 9.63. The van der Waals surface area contributed by atoms with Gasteiger partial charge in [-0.25, -0.2) is 0 Å². The lowest BCUT2D eigenvalue weighted by molar-refractivity contribution is -0.135. The summed E-state index contributed by atoms with van der Waals surface area (Å²) < 4.78 is 0. The molecule has 3 aliphatic rings. The second-order valence-electron chi connectivity index (χ2n) is 9.63. The van der Waals surface area contributed by atoms with Gasteiger partial charge in [-0.3, -0.25) is 9.59 Å². The number of anilines is 1. The predicted molar refractivity (Wildman–Crippen MR) is 127 cm³/mol. The molecule has 0 aliphatic carbocycles. The Bertz CT molecular complexity index is 953. The van der Waals surface area contributed by atoms with Gasteiger partial charge in [-0.05, 0) is 68.4 Å². The monoisotopic (exact) mass is 431 g/mol. The smallest absolute Gasteiger partial charge is 0.253 e. The fraction of sp³-hybridized carbons (Fsp3) is 0.481. The molecule has 5 heteroatoms. The Morgan fingerprint density at radius 3 is 2.31 bits per heavy atom. The van der Waals surface area contributed by atoms with E-state index in [0.29, 0.717) is 13.1 Å². The molecule has 2 aromatic rings. The molecule has 0 radical (unpaired) electrons. The summed E-state index contributed by atoms with van der Waals surface area (Å²) in [6, 6.07) is 18.4. The highest BCUT2D eigenvalue weighted by Crippen LogP contribution is 2.41. The first-order valence-corrected chi connectivity index (χ1v) is 12.1. The number of carbonyl (C=O) groups excluding carboxylic acids is 2. The molecular weight excluding hydrogens is 398 g/mol. The van der Waals surface area contributed by atoms with Crippen LogP contribution in [0.1, 0.15) is 48.0 Å². The van der Waals surface area contributed by atoms with Gasteiger partial charge < -0.3 is 14.7 Å². The SMILES string of the molecule is O=C(c1ccc(N2CCCCC2)cc1)N1CCC2(CCN(CCc3ccccc3)C2=O)C1. The van der Waals surface area contributed by atoms with E-state index in [4.69, 9.17) is 0 Å². The van der Waals surface area contributed by atoms with Crippen molar-refractivity contribution in [3.8, 4) is 0 Å². The Morgan fingerprint density at radius 1 is 0.844 bits per heavy atom. The Labute approximate surface area is 191 Å². The number of nitrogens with zero attached hydrogens (tertiary/aromatic N) is 3. The number of amides is 2. The van der Waals surface area contributed by atoms with Crippen LogP contribution in [0, 0.1) is 5.41 Å². The third-order valence-corrected chi connectivity index (χ3v) is 7.59. The average Bonchev–Trinajstić information content (AvgIpc) is 3.43. The molecule has 1 atom stereocenters. The van der Waals surface area contributed by atoms with Gasteiger partial charge >= 0.3 is 0 Å². The molecule has 168 valence electrons.